The molecule has 0 aliphatic heterocycles. The van der Waals surface area contributed by atoms with Crippen molar-refractivity contribution in [1.82, 2.24) is 10.6 Å². The first-order valence-corrected chi connectivity index (χ1v) is 6.87. The predicted molar refractivity (Wildman–Crippen MR) is 75.3 cm³/mol. The second-order valence-electron chi connectivity index (χ2n) is 4.69. The minimum absolute atomic E-state index is 0.00223. The van der Waals surface area contributed by atoms with Crippen molar-refractivity contribution in [3.8, 4) is 0 Å². The summed E-state index contributed by atoms with van der Waals surface area (Å²) in [4.78, 5) is 11.8. The van der Waals surface area contributed by atoms with Gasteiger partial charge in [-0.1, -0.05) is 26.0 Å². The molecule has 0 aliphatic rings. The van der Waals surface area contributed by atoms with E-state index in [1.807, 2.05) is 20.8 Å². The molecule has 1 rings (SSSR count). The van der Waals surface area contributed by atoms with E-state index in [2.05, 4.69) is 10.6 Å². The predicted octanol–water partition coefficient (Wildman–Crippen LogP) is 2.78. The summed E-state index contributed by atoms with van der Waals surface area (Å²) in [7, 11) is 0. The van der Waals surface area contributed by atoms with Crippen molar-refractivity contribution in [2.75, 3.05) is 6.54 Å². The van der Waals surface area contributed by atoms with Crippen LogP contribution in [-0.2, 0) is 4.79 Å². The molecule has 3 nitrogen and oxygen atoms in total. The van der Waals surface area contributed by atoms with Crippen LogP contribution in [0.3, 0.4) is 0 Å². The van der Waals surface area contributed by atoms with Crippen LogP contribution in [0.4, 0.5) is 4.39 Å². The van der Waals surface area contributed by atoms with Gasteiger partial charge in [0.05, 0.1) is 6.04 Å². The molecule has 0 aliphatic carbocycles. The second kappa shape index (κ2) is 7.89. The van der Waals surface area contributed by atoms with Gasteiger partial charge in [-0.05, 0) is 37.5 Å². The largest absolute Gasteiger partial charge is 0.355 e. The van der Waals surface area contributed by atoms with Gasteiger partial charge in [-0.3, -0.25) is 10.1 Å². The molecule has 106 valence electrons. The molecule has 2 atom stereocenters. The summed E-state index contributed by atoms with van der Waals surface area (Å²) in [6.45, 7) is 6.60. The maximum absolute atomic E-state index is 12.9. The van der Waals surface area contributed by atoms with Gasteiger partial charge < -0.3 is 5.32 Å². The van der Waals surface area contributed by atoms with Gasteiger partial charge in [0.25, 0.3) is 0 Å². The fourth-order valence-electron chi connectivity index (χ4n) is 1.92. The standard InChI is InChI=1S/C15H23FN2O/c1-4-10-17-15(19)11(3)18-14(5-2)12-6-8-13(16)9-7-12/h6-9,11,14,18H,4-5,10H2,1-3H3,(H,17,19). The molecular formula is C15H23FN2O. The van der Waals surface area contributed by atoms with Gasteiger partial charge in [-0.25, -0.2) is 4.39 Å². The van der Waals surface area contributed by atoms with Crippen LogP contribution in [0.15, 0.2) is 24.3 Å². The molecule has 1 aromatic rings. The van der Waals surface area contributed by atoms with Crippen molar-refractivity contribution in [3.05, 3.63) is 35.6 Å². The Kier molecular flexibility index (Phi) is 6.50. The van der Waals surface area contributed by atoms with Crippen molar-refractivity contribution in [1.29, 1.82) is 0 Å². The molecule has 2 N–H and O–H groups in total. The molecule has 0 bridgehead atoms. The summed E-state index contributed by atoms with van der Waals surface area (Å²) in [5.41, 5.74) is 0.999. The van der Waals surface area contributed by atoms with E-state index in [1.165, 1.54) is 12.1 Å². The van der Waals surface area contributed by atoms with Crippen molar-refractivity contribution in [3.63, 3.8) is 0 Å². The van der Waals surface area contributed by atoms with Gasteiger partial charge in [0, 0.05) is 12.6 Å². The minimum Gasteiger partial charge on any atom is -0.355 e. The monoisotopic (exact) mass is 266 g/mol. The molecule has 2 unspecified atom stereocenters. The average molecular weight is 266 g/mol. The second-order valence-corrected chi connectivity index (χ2v) is 4.69. The molecule has 0 saturated carbocycles. The molecule has 0 saturated heterocycles. The summed E-state index contributed by atoms with van der Waals surface area (Å²) in [5, 5.41) is 6.14. The number of amides is 1. The molecule has 1 aromatic carbocycles. The van der Waals surface area contributed by atoms with Gasteiger partial charge in [0.15, 0.2) is 0 Å². The Morgan fingerprint density at radius 1 is 1.26 bits per heavy atom. The van der Waals surface area contributed by atoms with Crippen LogP contribution in [0.2, 0.25) is 0 Å². The number of hydrogen-bond acceptors (Lipinski definition) is 2. The third-order valence-corrected chi connectivity index (χ3v) is 3.07. The Morgan fingerprint density at radius 3 is 2.42 bits per heavy atom. The summed E-state index contributed by atoms with van der Waals surface area (Å²) in [5.74, 6) is -0.241. The van der Waals surface area contributed by atoms with E-state index < -0.39 is 0 Å². The number of carbonyl (C=O) groups is 1. The molecule has 0 fully saturated rings. The quantitative estimate of drug-likeness (QED) is 0.796. The highest BCUT2D eigenvalue weighted by molar-refractivity contribution is 5.81. The molecule has 0 heterocycles. The highest BCUT2D eigenvalue weighted by atomic mass is 19.1. The van der Waals surface area contributed by atoms with E-state index in [0.717, 1.165) is 18.4 Å². The van der Waals surface area contributed by atoms with Crippen LogP contribution < -0.4 is 10.6 Å². The highest BCUT2D eigenvalue weighted by Gasteiger charge is 2.17. The third-order valence-electron chi connectivity index (χ3n) is 3.07. The first-order chi connectivity index (χ1) is 9.08. The first-order valence-electron chi connectivity index (χ1n) is 6.87. The Bertz CT molecular complexity index is 392. The zero-order valence-corrected chi connectivity index (χ0v) is 11.9. The van der Waals surface area contributed by atoms with Crippen LogP contribution in [0, 0.1) is 5.82 Å². The number of halogens is 1. The van der Waals surface area contributed by atoms with Crippen LogP contribution >= 0.6 is 0 Å². The van der Waals surface area contributed by atoms with E-state index in [-0.39, 0.29) is 23.8 Å². The molecule has 0 aromatic heterocycles. The van der Waals surface area contributed by atoms with Gasteiger partial charge in [0.2, 0.25) is 5.91 Å². The molecule has 0 spiro atoms. The third kappa shape index (κ3) is 4.99. The SMILES string of the molecule is CCCNC(=O)C(C)NC(CC)c1ccc(F)cc1. The molecular weight excluding hydrogens is 243 g/mol. The maximum atomic E-state index is 12.9. The number of nitrogens with one attached hydrogen (secondary N) is 2. The number of carbonyl (C=O) groups excluding carboxylic acids is 1. The lowest BCUT2D eigenvalue weighted by Crippen LogP contribution is -2.43. The summed E-state index contributed by atoms with van der Waals surface area (Å²) < 4.78 is 12.9. The van der Waals surface area contributed by atoms with E-state index in [1.54, 1.807) is 12.1 Å². The Morgan fingerprint density at radius 2 is 1.89 bits per heavy atom. The van der Waals surface area contributed by atoms with Crippen LogP contribution in [0.25, 0.3) is 0 Å². The fourth-order valence-corrected chi connectivity index (χ4v) is 1.92. The lowest BCUT2D eigenvalue weighted by Gasteiger charge is -2.22. The fraction of sp³-hybridized carbons (Fsp3) is 0.533. The lowest BCUT2D eigenvalue weighted by atomic mass is 10.0. The summed E-state index contributed by atoms with van der Waals surface area (Å²) >= 11 is 0. The van der Waals surface area contributed by atoms with Crippen molar-refractivity contribution < 1.29 is 9.18 Å². The summed E-state index contributed by atoms with van der Waals surface area (Å²) in [6, 6.07) is 6.20. The van der Waals surface area contributed by atoms with Gasteiger partial charge in [-0.15, -0.1) is 0 Å². The van der Waals surface area contributed by atoms with Crippen molar-refractivity contribution in [2.24, 2.45) is 0 Å². The number of benzene rings is 1. The normalized spacial score (nSPS) is 13.9. The van der Waals surface area contributed by atoms with Crippen LogP contribution in [0.1, 0.15) is 45.2 Å². The molecule has 0 radical (unpaired) electrons. The highest BCUT2D eigenvalue weighted by Crippen LogP contribution is 2.17. The van der Waals surface area contributed by atoms with Crippen molar-refractivity contribution >= 4 is 5.91 Å². The number of hydrogen-bond donors (Lipinski definition) is 2. The Balaban J connectivity index is 2.61. The molecule has 4 heteroatoms. The van der Waals surface area contributed by atoms with E-state index in [0.29, 0.717) is 6.54 Å². The minimum atomic E-state index is -0.262. The zero-order chi connectivity index (χ0) is 14.3. The Hall–Kier alpha value is -1.42. The average Bonchev–Trinajstić information content (AvgIpc) is 2.42. The molecule has 1 amide bonds. The van der Waals surface area contributed by atoms with Crippen LogP contribution in [-0.4, -0.2) is 18.5 Å². The van der Waals surface area contributed by atoms with Gasteiger partial charge >= 0.3 is 0 Å². The Labute approximate surface area is 114 Å². The molecule has 19 heavy (non-hydrogen) atoms. The van der Waals surface area contributed by atoms with E-state index in [4.69, 9.17) is 0 Å². The smallest absolute Gasteiger partial charge is 0.236 e. The zero-order valence-electron chi connectivity index (χ0n) is 11.9. The van der Waals surface area contributed by atoms with E-state index in [9.17, 15) is 9.18 Å². The maximum Gasteiger partial charge on any atom is 0.236 e. The first kappa shape index (κ1) is 15.6. The van der Waals surface area contributed by atoms with E-state index >= 15 is 0 Å². The van der Waals surface area contributed by atoms with Crippen molar-refractivity contribution in [2.45, 2.75) is 45.7 Å². The van der Waals surface area contributed by atoms with Gasteiger partial charge in [-0.2, -0.15) is 0 Å². The topological polar surface area (TPSA) is 41.1 Å². The van der Waals surface area contributed by atoms with Crippen LogP contribution in [0.5, 0.6) is 0 Å². The lowest BCUT2D eigenvalue weighted by molar-refractivity contribution is -0.122. The number of rotatable bonds is 7. The summed E-state index contributed by atoms with van der Waals surface area (Å²) in [6.07, 6.45) is 1.77. The van der Waals surface area contributed by atoms with Gasteiger partial charge in [0.1, 0.15) is 5.82 Å².